The minimum Gasteiger partial charge on any atom is -0.846 e. The van der Waals surface area contributed by atoms with Gasteiger partial charge in [0.25, 0.3) is 5.91 Å². The van der Waals surface area contributed by atoms with Crippen molar-refractivity contribution in [3.8, 4) is 0 Å². The third kappa shape index (κ3) is 6.62. The molecule has 0 saturated heterocycles. The molecule has 0 atom stereocenters. The Morgan fingerprint density at radius 1 is 1.26 bits per heavy atom. The topological polar surface area (TPSA) is 159 Å². The summed E-state index contributed by atoms with van der Waals surface area (Å²) in [5.41, 5.74) is -1.12. The van der Waals surface area contributed by atoms with Crippen molar-refractivity contribution in [3.05, 3.63) is 0 Å². The summed E-state index contributed by atoms with van der Waals surface area (Å²) in [4.78, 5) is 47.5. The quantitative estimate of drug-likeness (QED) is 0.226. The van der Waals surface area contributed by atoms with Crippen LogP contribution in [0.4, 0.5) is 0 Å². The van der Waals surface area contributed by atoms with Crippen molar-refractivity contribution in [1.29, 1.82) is 0 Å². The van der Waals surface area contributed by atoms with E-state index in [0.29, 0.717) is 12.8 Å². The molecule has 0 fully saturated rings. The van der Waals surface area contributed by atoms with E-state index in [0.717, 1.165) is 0 Å². The Balaban J connectivity index is 0. The Bertz CT molecular complexity index is 407. The summed E-state index contributed by atoms with van der Waals surface area (Å²) >= 11 is 0. The first-order valence-corrected chi connectivity index (χ1v) is 6.53. The number of aliphatic imine (C=N–C) groups is 1. The van der Waals surface area contributed by atoms with E-state index in [-0.39, 0.29) is 29.6 Å². The van der Waals surface area contributed by atoms with Crippen LogP contribution < -0.4 is 40.0 Å². The molecular weight excluding hydrogens is 290 g/mol. The molecule has 0 bridgehead atoms. The molecular formula is C8H14N2NaO7P. The van der Waals surface area contributed by atoms with Gasteiger partial charge in [-0.1, -0.05) is 13.8 Å². The first-order chi connectivity index (χ1) is 8.06. The number of rotatable bonds is 2. The molecule has 0 aromatic rings. The summed E-state index contributed by atoms with van der Waals surface area (Å²) in [6.45, 7) is 3.46. The van der Waals surface area contributed by atoms with Gasteiger partial charge in [0.2, 0.25) is 5.91 Å². The zero-order valence-corrected chi connectivity index (χ0v) is 13.7. The average Bonchev–Trinajstić information content (AvgIpc) is 2.15. The van der Waals surface area contributed by atoms with Crippen LogP contribution in [-0.4, -0.2) is 32.5 Å². The Hall–Kier alpha value is -0.280. The van der Waals surface area contributed by atoms with Crippen molar-refractivity contribution in [2.75, 3.05) is 0 Å². The third-order valence-corrected chi connectivity index (χ3v) is 2.47. The second-order valence-corrected chi connectivity index (χ2v) is 4.51. The predicted molar refractivity (Wildman–Crippen MR) is 57.9 cm³/mol. The molecule has 11 heteroatoms. The summed E-state index contributed by atoms with van der Waals surface area (Å²) in [5.74, 6) is -1.14. The van der Waals surface area contributed by atoms with E-state index >= 15 is 0 Å². The SMILES string of the molecule is CCC1(CC)C(=O)N=C([O-])NC1=O.O=P(O)(O)O.[Na+]. The molecule has 1 rings (SSSR count). The fraction of sp³-hybridized carbons (Fsp3) is 0.625. The van der Waals surface area contributed by atoms with E-state index in [1.807, 2.05) is 5.32 Å². The summed E-state index contributed by atoms with van der Waals surface area (Å²) in [6, 6.07) is -0.854. The van der Waals surface area contributed by atoms with Gasteiger partial charge in [-0.05, 0) is 12.8 Å². The smallest absolute Gasteiger partial charge is 0.846 e. The van der Waals surface area contributed by atoms with Crippen molar-refractivity contribution in [2.45, 2.75) is 26.7 Å². The molecule has 4 N–H and O–H groups in total. The number of phosphoric acid groups is 1. The van der Waals surface area contributed by atoms with E-state index in [2.05, 4.69) is 4.99 Å². The molecule has 1 aliphatic rings. The van der Waals surface area contributed by atoms with Crippen LogP contribution >= 0.6 is 7.82 Å². The van der Waals surface area contributed by atoms with Gasteiger partial charge in [0, 0.05) is 0 Å². The fourth-order valence-corrected chi connectivity index (χ4v) is 1.41. The van der Waals surface area contributed by atoms with Gasteiger partial charge < -0.3 is 25.1 Å². The van der Waals surface area contributed by atoms with Crippen LogP contribution in [0.5, 0.6) is 0 Å². The van der Waals surface area contributed by atoms with Crippen molar-refractivity contribution in [2.24, 2.45) is 10.4 Å². The number of carbonyl (C=O) groups is 2. The van der Waals surface area contributed by atoms with Crippen LogP contribution in [0, 0.1) is 5.41 Å². The van der Waals surface area contributed by atoms with Crippen LogP contribution in [0.2, 0.25) is 0 Å². The van der Waals surface area contributed by atoms with E-state index in [9.17, 15) is 14.7 Å². The molecule has 2 amide bonds. The van der Waals surface area contributed by atoms with Crippen LogP contribution in [0.3, 0.4) is 0 Å². The van der Waals surface area contributed by atoms with Crippen molar-refractivity contribution >= 4 is 25.7 Å². The predicted octanol–water partition coefficient (Wildman–Crippen LogP) is -4.76. The number of amides is 2. The van der Waals surface area contributed by atoms with Crippen LogP contribution in [-0.2, 0) is 14.2 Å². The van der Waals surface area contributed by atoms with E-state index in [1.54, 1.807) is 13.8 Å². The summed E-state index contributed by atoms with van der Waals surface area (Å²) in [5, 5.41) is 12.7. The molecule has 0 aliphatic carbocycles. The second kappa shape index (κ2) is 8.11. The maximum atomic E-state index is 11.4. The van der Waals surface area contributed by atoms with E-state index in [1.165, 1.54) is 0 Å². The molecule has 0 spiro atoms. The molecule has 1 aliphatic heterocycles. The molecule has 0 aromatic carbocycles. The molecule has 0 radical (unpaired) electrons. The first-order valence-electron chi connectivity index (χ1n) is 4.96. The molecule has 9 nitrogen and oxygen atoms in total. The number of amidine groups is 1. The zero-order chi connectivity index (χ0) is 14.6. The van der Waals surface area contributed by atoms with Gasteiger partial charge in [0.1, 0.15) is 5.41 Å². The van der Waals surface area contributed by atoms with Gasteiger partial charge in [-0.2, -0.15) is 0 Å². The first kappa shape index (κ1) is 21.0. The molecule has 0 aromatic heterocycles. The average molecular weight is 304 g/mol. The molecule has 1 heterocycles. The van der Waals surface area contributed by atoms with Crippen molar-refractivity contribution in [1.82, 2.24) is 5.32 Å². The number of hydrogen-bond acceptors (Lipinski definition) is 4. The van der Waals surface area contributed by atoms with Gasteiger partial charge >= 0.3 is 37.4 Å². The molecule has 19 heavy (non-hydrogen) atoms. The monoisotopic (exact) mass is 304 g/mol. The number of carbonyl (C=O) groups excluding carboxylic acids is 2. The number of nitrogens with one attached hydrogen (secondary N) is 1. The number of nitrogens with zero attached hydrogens (tertiary/aromatic N) is 1. The molecule has 0 saturated carbocycles. The minimum atomic E-state index is -4.64. The minimum absolute atomic E-state index is 0. The zero-order valence-electron chi connectivity index (χ0n) is 10.8. The van der Waals surface area contributed by atoms with Gasteiger partial charge in [-0.15, -0.1) is 0 Å². The number of hydrogen-bond donors (Lipinski definition) is 4. The van der Waals surface area contributed by atoms with Crippen molar-refractivity contribution < 1.29 is 63.5 Å². The van der Waals surface area contributed by atoms with Gasteiger partial charge in [0.15, 0.2) is 0 Å². The molecule has 0 unspecified atom stereocenters. The Morgan fingerprint density at radius 3 is 1.89 bits per heavy atom. The maximum absolute atomic E-state index is 11.4. The maximum Gasteiger partial charge on any atom is 1.00 e. The van der Waals surface area contributed by atoms with Crippen LogP contribution in [0.25, 0.3) is 0 Å². The summed E-state index contributed by atoms with van der Waals surface area (Å²) in [7, 11) is -4.64. The largest absolute Gasteiger partial charge is 1.00 e. The van der Waals surface area contributed by atoms with E-state index in [4.69, 9.17) is 19.2 Å². The van der Waals surface area contributed by atoms with E-state index < -0.39 is 31.1 Å². The van der Waals surface area contributed by atoms with Gasteiger partial charge in [-0.25, -0.2) is 9.56 Å². The van der Waals surface area contributed by atoms with Crippen molar-refractivity contribution in [3.63, 3.8) is 0 Å². The molecule has 104 valence electrons. The standard InChI is InChI=1S/C8H12N2O3.Na.H3O4P/c1-3-8(4-2)5(11)9-7(13)10-6(8)12;;1-5(2,3)4/h3-4H2,1-2H3,(H2,9,10,11,12,13);;(H3,1,2,3,4)/q;+1;/p-1. The van der Waals surface area contributed by atoms with Crippen LogP contribution in [0.15, 0.2) is 4.99 Å². The fourth-order valence-electron chi connectivity index (χ4n) is 1.41. The van der Waals surface area contributed by atoms with Gasteiger partial charge in [0.05, 0.1) is 6.02 Å². The van der Waals surface area contributed by atoms with Crippen LogP contribution in [0.1, 0.15) is 26.7 Å². The Kier molecular flexibility index (Phi) is 8.97. The summed E-state index contributed by atoms with van der Waals surface area (Å²) < 4.78 is 8.88. The third-order valence-electron chi connectivity index (χ3n) is 2.47. The van der Waals surface area contributed by atoms with Gasteiger partial charge in [-0.3, -0.25) is 9.59 Å². The Morgan fingerprint density at radius 2 is 1.63 bits per heavy atom. The Labute approximate surface area is 131 Å². The normalized spacial score (nSPS) is 17.4. The second-order valence-electron chi connectivity index (χ2n) is 3.48. The summed E-state index contributed by atoms with van der Waals surface area (Å²) in [6.07, 6.45) is 0.732.